The predicted molar refractivity (Wildman–Crippen MR) is 82.7 cm³/mol. The van der Waals surface area contributed by atoms with Crippen molar-refractivity contribution >= 4 is 15.9 Å². The fourth-order valence-corrected chi connectivity index (χ4v) is 2.68. The van der Waals surface area contributed by atoms with E-state index in [1.54, 1.807) is 6.20 Å². The first-order valence-corrected chi connectivity index (χ1v) is 7.78. The quantitative estimate of drug-likeness (QED) is 0.912. The molecule has 21 heavy (non-hydrogen) atoms. The second-order valence-electron chi connectivity index (χ2n) is 5.58. The fraction of sp³-hybridized carbons (Fsp3) is 0.500. The SMILES string of the molecule is CC(C)(c1noc(-c2ccc(Br)cn2)n1)N1CCNCC1. The molecule has 3 heterocycles. The number of nitrogens with zero attached hydrogens (tertiary/aromatic N) is 4. The van der Waals surface area contributed by atoms with Gasteiger partial charge in [-0.15, -0.1) is 0 Å². The second kappa shape index (κ2) is 5.82. The maximum Gasteiger partial charge on any atom is 0.276 e. The van der Waals surface area contributed by atoms with Crippen LogP contribution in [0.5, 0.6) is 0 Å². The van der Waals surface area contributed by atoms with E-state index in [0.717, 1.165) is 30.7 Å². The summed E-state index contributed by atoms with van der Waals surface area (Å²) in [6.45, 7) is 8.19. The van der Waals surface area contributed by atoms with Gasteiger partial charge in [0.25, 0.3) is 5.89 Å². The van der Waals surface area contributed by atoms with E-state index in [1.165, 1.54) is 0 Å². The minimum Gasteiger partial charge on any atom is -0.332 e. The van der Waals surface area contributed by atoms with Crippen LogP contribution in [-0.4, -0.2) is 46.2 Å². The highest BCUT2D eigenvalue weighted by atomic mass is 79.9. The summed E-state index contributed by atoms with van der Waals surface area (Å²) in [5, 5.41) is 7.52. The summed E-state index contributed by atoms with van der Waals surface area (Å²) in [6.07, 6.45) is 1.72. The molecule has 1 fully saturated rings. The van der Waals surface area contributed by atoms with E-state index in [2.05, 4.69) is 55.1 Å². The smallest absolute Gasteiger partial charge is 0.276 e. The minimum absolute atomic E-state index is 0.251. The highest BCUT2D eigenvalue weighted by molar-refractivity contribution is 9.10. The van der Waals surface area contributed by atoms with Crippen molar-refractivity contribution in [3.63, 3.8) is 0 Å². The molecule has 2 aromatic heterocycles. The number of hydrogen-bond donors (Lipinski definition) is 1. The van der Waals surface area contributed by atoms with Crippen LogP contribution in [0, 0.1) is 0 Å². The molecule has 1 aliphatic heterocycles. The van der Waals surface area contributed by atoms with Crippen LogP contribution in [0.2, 0.25) is 0 Å². The molecule has 0 unspecified atom stereocenters. The van der Waals surface area contributed by atoms with E-state index in [-0.39, 0.29) is 5.54 Å². The van der Waals surface area contributed by atoms with Gasteiger partial charge in [-0.3, -0.25) is 4.90 Å². The molecule has 0 amide bonds. The molecule has 0 aromatic carbocycles. The standard InChI is InChI=1S/C14H18BrN5O/c1-14(2,20-7-5-16-6-8-20)13-18-12(21-19-13)11-4-3-10(15)9-17-11/h3-4,9,16H,5-8H2,1-2H3. The third-order valence-electron chi connectivity index (χ3n) is 3.83. The topological polar surface area (TPSA) is 67.1 Å². The minimum atomic E-state index is -0.251. The largest absolute Gasteiger partial charge is 0.332 e. The fourth-order valence-electron chi connectivity index (χ4n) is 2.44. The Hall–Kier alpha value is -1.31. The second-order valence-corrected chi connectivity index (χ2v) is 6.50. The number of rotatable bonds is 3. The molecule has 0 aliphatic carbocycles. The summed E-state index contributed by atoms with van der Waals surface area (Å²) >= 11 is 3.37. The lowest BCUT2D eigenvalue weighted by Crippen LogP contribution is -2.52. The van der Waals surface area contributed by atoms with Gasteiger partial charge in [0.05, 0.1) is 5.54 Å². The lowest BCUT2D eigenvalue weighted by Gasteiger charge is -2.38. The van der Waals surface area contributed by atoms with Gasteiger partial charge in [-0.05, 0) is 41.9 Å². The molecular weight excluding hydrogens is 334 g/mol. The van der Waals surface area contributed by atoms with Crippen molar-refractivity contribution in [3.05, 3.63) is 28.6 Å². The van der Waals surface area contributed by atoms with Crippen LogP contribution in [0.3, 0.4) is 0 Å². The maximum atomic E-state index is 5.39. The van der Waals surface area contributed by atoms with E-state index in [1.807, 2.05) is 12.1 Å². The molecule has 0 radical (unpaired) electrons. The Morgan fingerprint density at radius 1 is 1.29 bits per heavy atom. The Bertz CT molecular complexity index is 604. The van der Waals surface area contributed by atoms with Crippen LogP contribution in [0.15, 0.2) is 27.3 Å². The number of hydrogen-bond acceptors (Lipinski definition) is 6. The lowest BCUT2D eigenvalue weighted by atomic mass is 10.0. The monoisotopic (exact) mass is 351 g/mol. The van der Waals surface area contributed by atoms with Gasteiger partial charge in [0.2, 0.25) is 0 Å². The van der Waals surface area contributed by atoms with Crippen LogP contribution < -0.4 is 5.32 Å². The number of piperazine rings is 1. The van der Waals surface area contributed by atoms with E-state index < -0.39 is 0 Å². The van der Waals surface area contributed by atoms with Crippen LogP contribution >= 0.6 is 15.9 Å². The van der Waals surface area contributed by atoms with Crippen molar-refractivity contribution < 1.29 is 4.52 Å². The van der Waals surface area contributed by atoms with Gasteiger partial charge in [-0.25, -0.2) is 4.98 Å². The molecule has 0 saturated carbocycles. The summed E-state index contributed by atoms with van der Waals surface area (Å²) in [5.74, 6) is 1.16. The van der Waals surface area contributed by atoms with E-state index >= 15 is 0 Å². The van der Waals surface area contributed by atoms with Crippen molar-refractivity contribution in [2.45, 2.75) is 19.4 Å². The van der Waals surface area contributed by atoms with Gasteiger partial charge in [0, 0.05) is 36.8 Å². The Balaban J connectivity index is 1.84. The van der Waals surface area contributed by atoms with E-state index in [9.17, 15) is 0 Å². The Morgan fingerprint density at radius 3 is 2.71 bits per heavy atom. The molecule has 0 bridgehead atoms. The maximum absolute atomic E-state index is 5.39. The first kappa shape index (κ1) is 14.6. The molecule has 7 heteroatoms. The zero-order chi connectivity index (χ0) is 14.9. The number of pyridine rings is 1. The number of halogens is 1. The highest BCUT2D eigenvalue weighted by Crippen LogP contribution is 2.27. The normalized spacial score (nSPS) is 17.1. The molecule has 1 aliphatic rings. The first-order valence-electron chi connectivity index (χ1n) is 6.99. The molecule has 2 aromatic rings. The summed E-state index contributed by atoms with van der Waals surface area (Å²) in [6, 6.07) is 3.77. The van der Waals surface area contributed by atoms with Crippen molar-refractivity contribution in [2.24, 2.45) is 0 Å². The van der Waals surface area contributed by atoms with Gasteiger partial charge < -0.3 is 9.84 Å². The Morgan fingerprint density at radius 2 is 2.05 bits per heavy atom. The molecule has 0 spiro atoms. The van der Waals surface area contributed by atoms with Gasteiger partial charge in [-0.1, -0.05) is 5.16 Å². The lowest BCUT2D eigenvalue weighted by molar-refractivity contribution is 0.0925. The third-order valence-corrected chi connectivity index (χ3v) is 4.30. The third kappa shape index (κ3) is 3.00. The van der Waals surface area contributed by atoms with Crippen molar-refractivity contribution in [1.82, 2.24) is 25.3 Å². The predicted octanol–water partition coefficient (Wildman–Crippen LogP) is 2.03. The Kier molecular flexibility index (Phi) is 4.05. The molecule has 112 valence electrons. The number of nitrogens with one attached hydrogen (secondary N) is 1. The van der Waals surface area contributed by atoms with Gasteiger partial charge in [0.15, 0.2) is 5.82 Å². The van der Waals surface area contributed by atoms with Crippen molar-refractivity contribution in [3.8, 4) is 11.6 Å². The van der Waals surface area contributed by atoms with Crippen LogP contribution in [0.4, 0.5) is 0 Å². The highest BCUT2D eigenvalue weighted by Gasteiger charge is 2.34. The summed E-state index contributed by atoms with van der Waals surface area (Å²) in [7, 11) is 0. The molecule has 0 atom stereocenters. The van der Waals surface area contributed by atoms with Gasteiger partial charge >= 0.3 is 0 Å². The van der Waals surface area contributed by atoms with Crippen LogP contribution in [0.1, 0.15) is 19.7 Å². The zero-order valence-electron chi connectivity index (χ0n) is 12.1. The number of aromatic nitrogens is 3. The van der Waals surface area contributed by atoms with Crippen LogP contribution in [0.25, 0.3) is 11.6 Å². The summed E-state index contributed by atoms with van der Waals surface area (Å²) < 4.78 is 6.31. The molecule has 3 rings (SSSR count). The summed E-state index contributed by atoms with van der Waals surface area (Å²) in [4.78, 5) is 11.2. The van der Waals surface area contributed by atoms with Gasteiger partial charge in [0.1, 0.15) is 5.69 Å². The Labute approximate surface area is 132 Å². The molecule has 1 saturated heterocycles. The zero-order valence-corrected chi connectivity index (χ0v) is 13.7. The van der Waals surface area contributed by atoms with E-state index in [4.69, 9.17) is 4.52 Å². The summed E-state index contributed by atoms with van der Waals surface area (Å²) in [5.41, 5.74) is 0.437. The van der Waals surface area contributed by atoms with Crippen molar-refractivity contribution in [2.75, 3.05) is 26.2 Å². The molecular formula is C14H18BrN5O. The average Bonchev–Trinajstić information content (AvgIpc) is 2.99. The first-order chi connectivity index (χ1) is 10.1. The van der Waals surface area contributed by atoms with E-state index in [0.29, 0.717) is 17.4 Å². The van der Waals surface area contributed by atoms with Crippen LogP contribution in [-0.2, 0) is 5.54 Å². The average molecular weight is 352 g/mol. The molecule has 6 nitrogen and oxygen atoms in total. The van der Waals surface area contributed by atoms with Gasteiger partial charge in [-0.2, -0.15) is 4.98 Å². The van der Waals surface area contributed by atoms with Crippen molar-refractivity contribution in [1.29, 1.82) is 0 Å². The molecule has 1 N–H and O–H groups in total.